The molecule has 0 amide bonds. The van der Waals surface area contributed by atoms with Gasteiger partial charge < -0.3 is 9.30 Å². The van der Waals surface area contributed by atoms with Crippen LogP contribution in [0.4, 0.5) is 0 Å². The van der Waals surface area contributed by atoms with Gasteiger partial charge in [0.2, 0.25) is 0 Å². The Morgan fingerprint density at radius 3 is 2.85 bits per heavy atom. The van der Waals surface area contributed by atoms with Crippen LogP contribution in [0.2, 0.25) is 0 Å². The summed E-state index contributed by atoms with van der Waals surface area (Å²) in [5.41, 5.74) is 2.01. The van der Waals surface area contributed by atoms with Crippen molar-refractivity contribution in [3.8, 4) is 16.9 Å². The van der Waals surface area contributed by atoms with E-state index < -0.39 is 0 Å². The van der Waals surface area contributed by atoms with Crippen molar-refractivity contribution in [2.45, 2.75) is 24.7 Å². The maximum Gasteiger partial charge on any atom is 0.259 e. The molecule has 2 aromatic heterocycles. The third-order valence-electron chi connectivity index (χ3n) is 4.71. The van der Waals surface area contributed by atoms with E-state index >= 15 is 0 Å². The Morgan fingerprint density at radius 2 is 2.08 bits per heavy atom. The molecule has 1 aliphatic rings. The van der Waals surface area contributed by atoms with Crippen LogP contribution in [-0.2, 0) is 7.05 Å². The molecule has 0 radical (unpaired) electrons. The summed E-state index contributed by atoms with van der Waals surface area (Å²) in [6.45, 7) is 2.91. The van der Waals surface area contributed by atoms with Gasteiger partial charge in [0.25, 0.3) is 5.56 Å². The van der Waals surface area contributed by atoms with Crippen LogP contribution < -0.4 is 10.3 Å². The highest BCUT2D eigenvalue weighted by molar-refractivity contribution is 7.99. The highest BCUT2D eigenvalue weighted by atomic mass is 32.2. The van der Waals surface area contributed by atoms with E-state index in [9.17, 15) is 4.79 Å². The summed E-state index contributed by atoms with van der Waals surface area (Å²) < 4.78 is 7.78. The summed E-state index contributed by atoms with van der Waals surface area (Å²) >= 11 is 1.81. The molecule has 1 fully saturated rings. The number of benzene rings is 1. The topological polar surface area (TPSA) is 44.1 Å². The molecule has 5 heteroatoms. The predicted octanol–water partition coefficient (Wildman–Crippen LogP) is 4.50. The summed E-state index contributed by atoms with van der Waals surface area (Å²) in [5.74, 6) is 2.59. The van der Waals surface area contributed by atoms with Gasteiger partial charge in [-0.15, -0.1) is 11.8 Å². The van der Waals surface area contributed by atoms with Gasteiger partial charge >= 0.3 is 0 Å². The Bertz CT molecular complexity index is 1010. The van der Waals surface area contributed by atoms with Crippen molar-refractivity contribution in [3.05, 3.63) is 53.2 Å². The normalized spacial score (nSPS) is 13.9. The molecule has 134 valence electrons. The van der Waals surface area contributed by atoms with Crippen molar-refractivity contribution in [2.24, 2.45) is 13.0 Å². The summed E-state index contributed by atoms with van der Waals surface area (Å²) in [6.07, 6.45) is 7.81. The molecule has 0 spiro atoms. The average molecular weight is 366 g/mol. The fourth-order valence-electron chi connectivity index (χ4n) is 3.12. The number of rotatable bonds is 6. The van der Waals surface area contributed by atoms with Crippen molar-refractivity contribution in [2.75, 3.05) is 12.4 Å². The van der Waals surface area contributed by atoms with E-state index in [2.05, 4.69) is 30.1 Å². The van der Waals surface area contributed by atoms with E-state index in [0.717, 1.165) is 34.6 Å². The molecule has 1 aliphatic carbocycles. The molecule has 3 aromatic rings. The van der Waals surface area contributed by atoms with Gasteiger partial charge in [0, 0.05) is 41.7 Å². The summed E-state index contributed by atoms with van der Waals surface area (Å²) in [6, 6.07) is 8.27. The molecule has 4 nitrogen and oxygen atoms in total. The van der Waals surface area contributed by atoms with Crippen molar-refractivity contribution in [1.82, 2.24) is 9.55 Å². The minimum atomic E-state index is -0.0311. The molecule has 1 aromatic carbocycles. The Morgan fingerprint density at radius 1 is 1.23 bits per heavy atom. The second kappa shape index (κ2) is 7.16. The molecule has 4 rings (SSSR count). The lowest BCUT2D eigenvalue weighted by atomic mass is 10.0. The molecule has 26 heavy (non-hydrogen) atoms. The fraction of sp³-hybridized carbons (Fsp3) is 0.333. The largest absolute Gasteiger partial charge is 0.493 e. The lowest BCUT2D eigenvalue weighted by Gasteiger charge is -2.15. The maximum absolute atomic E-state index is 12.5. The third kappa shape index (κ3) is 3.36. The highest BCUT2D eigenvalue weighted by Gasteiger charge is 2.23. The van der Waals surface area contributed by atoms with Crippen LogP contribution in [0, 0.1) is 5.92 Å². The molecule has 0 N–H and O–H groups in total. The van der Waals surface area contributed by atoms with Crippen LogP contribution in [0.3, 0.4) is 0 Å². The number of nitrogens with zero attached hydrogens (tertiary/aromatic N) is 2. The number of ether oxygens (including phenoxy) is 1. The zero-order valence-electron chi connectivity index (χ0n) is 15.1. The third-order valence-corrected chi connectivity index (χ3v) is 5.58. The summed E-state index contributed by atoms with van der Waals surface area (Å²) in [5, 5.41) is 1.55. The van der Waals surface area contributed by atoms with Crippen LogP contribution in [-0.4, -0.2) is 21.9 Å². The van der Waals surface area contributed by atoms with Gasteiger partial charge in [0.1, 0.15) is 5.75 Å². The smallest absolute Gasteiger partial charge is 0.259 e. The molecule has 0 atom stereocenters. The van der Waals surface area contributed by atoms with Gasteiger partial charge in [-0.05, 0) is 54.2 Å². The first-order chi connectivity index (χ1) is 12.7. The lowest BCUT2D eigenvalue weighted by molar-refractivity contribution is 0.301. The number of aryl methyl sites for hydroxylation is 1. The molecular formula is C21H22N2O2S. The van der Waals surface area contributed by atoms with Gasteiger partial charge in [-0.1, -0.05) is 6.92 Å². The van der Waals surface area contributed by atoms with Crippen molar-refractivity contribution < 1.29 is 4.74 Å². The number of fused-ring (bicyclic) bond motifs is 1. The molecule has 0 bridgehead atoms. The quantitative estimate of drug-likeness (QED) is 0.603. The van der Waals surface area contributed by atoms with Crippen LogP contribution in [0.1, 0.15) is 19.8 Å². The average Bonchev–Trinajstić information content (AvgIpc) is 3.48. The molecule has 0 saturated heterocycles. The van der Waals surface area contributed by atoms with Crippen LogP contribution >= 0.6 is 11.8 Å². The van der Waals surface area contributed by atoms with Gasteiger partial charge in [0.05, 0.1) is 12.0 Å². The maximum atomic E-state index is 12.5. The van der Waals surface area contributed by atoms with E-state index in [1.165, 1.54) is 17.7 Å². The highest BCUT2D eigenvalue weighted by Crippen LogP contribution is 2.38. The van der Waals surface area contributed by atoms with Gasteiger partial charge in [-0.2, -0.15) is 0 Å². The Kier molecular flexibility index (Phi) is 4.72. The predicted molar refractivity (Wildman–Crippen MR) is 107 cm³/mol. The zero-order valence-corrected chi connectivity index (χ0v) is 15.9. The molecule has 1 saturated carbocycles. The molecule has 0 unspecified atom stereocenters. The van der Waals surface area contributed by atoms with Crippen molar-refractivity contribution in [1.29, 1.82) is 0 Å². The Balaban J connectivity index is 1.89. The Hall–Kier alpha value is -2.27. The first kappa shape index (κ1) is 17.2. The summed E-state index contributed by atoms with van der Waals surface area (Å²) in [7, 11) is 1.79. The first-order valence-corrected chi connectivity index (χ1v) is 9.99. The first-order valence-electron chi connectivity index (χ1n) is 9.00. The van der Waals surface area contributed by atoms with Crippen LogP contribution in [0.25, 0.3) is 21.9 Å². The SMILES string of the molecule is CCSc1ccc(OCC2CC2)c(-c2cn(C)c(=O)c3cnccc23)c1. The zero-order chi connectivity index (χ0) is 18.1. The van der Waals surface area contributed by atoms with E-state index in [0.29, 0.717) is 11.3 Å². The fourth-order valence-corrected chi connectivity index (χ4v) is 3.82. The van der Waals surface area contributed by atoms with Gasteiger partial charge in [-0.25, -0.2) is 0 Å². The number of hydrogen-bond donors (Lipinski definition) is 0. The molecule has 2 heterocycles. The van der Waals surface area contributed by atoms with E-state index in [1.54, 1.807) is 35.8 Å². The molecule has 0 aliphatic heterocycles. The summed E-state index contributed by atoms with van der Waals surface area (Å²) in [4.78, 5) is 17.8. The lowest BCUT2D eigenvalue weighted by Crippen LogP contribution is -2.16. The van der Waals surface area contributed by atoms with Crippen molar-refractivity contribution >= 4 is 22.5 Å². The van der Waals surface area contributed by atoms with Crippen molar-refractivity contribution in [3.63, 3.8) is 0 Å². The van der Waals surface area contributed by atoms with E-state index in [1.807, 2.05) is 12.3 Å². The monoisotopic (exact) mass is 366 g/mol. The van der Waals surface area contributed by atoms with Crippen LogP contribution in [0.5, 0.6) is 5.75 Å². The number of aromatic nitrogens is 2. The number of thioether (sulfide) groups is 1. The second-order valence-corrected chi connectivity index (χ2v) is 8.06. The molecular weight excluding hydrogens is 344 g/mol. The standard InChI is InChI=1S/C21H22N2O2S/c1-3-26-15-6-7-20(25-13-14-4-5-14)17(10-15)19-12-23(2)21(24)18-11-22-9-8-16(18)19/h6-12,14H,3-5,13H2,1-2H3. The van der Waals surface area contributed by atoms with Gasteiger partial charge in [-0.3, -0.25) is 9.78 Å². The number of hydrogen-bond acceptors (Lipinski definition) is 4. The minimum Gasteiger partial charge on any atom is -0.493 e. The van der Waals surface area contributed by atoms with E-state index in [-0.39, 0.29) is 5.56 Å². The minimum absolute atomic E-state index is 0.0311. The number of pyridine rings is 2. The van der Waals surface area contributed by atoms with Crippen LogP contribution in [0.15, 0.2) is 52.5 Å². The Labute approximate surface area is 157 Å². The van der Waals surface area contributed by atoms with E-state index in [4.69, 9.17) is 4.74 Å². The van der Waals surface area contributed by atoms with Gasteiger partial charge in [0.15, 0.2) is 0 Å². The second-order valence-electron chi connectivity index (χ2n) is 6.73.